The standard InChI is InChI=1S/C19H24N4O2/c1-14(23(2)3)20-19(21-15-9-7-6-8-10-15)22-16-11-12-17(24-4)18(13-16)25-5/h6-13H,1-5H3,(H,21,22)/b20-14+. The Morgan fingerprint density at radius 1 is 0.960 bits per heavy atom. The predicted molar refractivity (Wildman–Crippen MR) is 104 cm³/mol. The topological polar surface area (TPSA) is 58.5 Å². The monoisotopic (exact) mass is 340 g/mol. The third-order valence-electron chi connectivity index (χ3n) is 3.55. The highest BCUT2D eigenvalue weighted by Gasteiger charge is 2.07. The van der Waals surface area contributed by atoms with Crippen LogP contribution < -0.4 is 14.8 Å². The first-order valence-electron chi connectivity index (χ1n) is 7.89. The van der Waals surface area contributed by atoms with Crippen molar-refractivity contribution in [2.24, 2.45) is 9.98 Å². The second kappa shape index (κ2) is 8.73. The number of guanidine groups is 1. The molecule has 0 atom stereocenters. The predicted octanol–water partition coefficient (Wildman–Crippen LogP) is 3.78. The summed E-state index contributed by atoms with van der Waals surface area (Å²) in [5, 5.41) is 3.24. The number of para-hydroxylation sites is 1. The van der Waals surface area contributed by atoms with Crippen LogP contribution in [0.25, 0.3) is 0 Å². The van der Waals surface area contributed by atoms with Gasteiger partial charge in [0.15, 0.2) is 11.5 Å². The summed E-state index contributed by atoms with van der Waals surface area (Å²) in [6.45, 7) is 1.93. The minimum atomic E-state index is 0.490. The number of nitrogens with zero attached hydrogens (tertiary/aromatic N) is 3. The minimum absolute atomic E-state index is 0.490. The van der Waals surface area contributed by atoms with Crippen LogP contribution in [-0.2, 0) is 0 Å². The van der Waals surface area contributed by atoms with E-state index in [1.807, 2.05) is 74.4 Å². The van der Waals surface area contributed by atoms with Gasteiger partial charge in [-0.1, -0.05) is 18.2 Å². The maximum Gasteiger partial charge on any atom is 0.229 e. The van der Waals surface area contributed by atoms with Gasteiger partial charge in [0.25, 0.3) is 0 Å². The molecule has 0 aliphatic rings. The fourth-order valence-electron chi connectivity index (χ4n) is 2.00. The number of rotatable bonds is 4. The Morgan fingerprint density at radius 3 is 2.24 bits per heavy atom. The Balaban J connectivity index is 2.36. The Bertz CT molecular complexity index is 755. The molecule has 0 saturated carbocycles. The zero-order valence-electron chi connectivity index (χ0n) is 15.3. The Labute approximate surface area is 148 Å². The van der Waals surface area contributed by atoms with Gasteiger partial charge in [0.05, 0.1) is 19.9 Å². The van der Waals surface area contributed by atoms with E-state index in [1.54, 1.807) is 14.2 Å². The van der Waals surface area contributed by atoms with Crippen molar-refractivity contribution in [3.05, 3.63) is 48.5 Å². The van der Waals surface area contributed by atoms with Gasteiger partial charge in [0.2, 0.25) is 5.96 Å². The normalized spacial score (nSPS) is 11.9. The van der Waals surface area contributed by atoms with Gasteiger partial charge >= 0.3 is 0 Å². The smallest absolute Gasteiger partial charge is 0.229 e. The second-order valence-corrected chi connectivity index (χ2v) is 5.52. The van der Waals surface area contributed by atoms with Crippen LogP contribution in [-0.4, -0.2) is 45.0 Å². The van der Waals surface area contributed by atoms with Crippen LogP contribution in [0.1, 0.15) is 6.92 Å². The van der Waals surface area contributed by atoms with E-state index < -0.39 is 0 Å². The van der Waals surface area contributed by atoms with Crippen molar-refractivity contribution in [2.75, 3.05) is 33.6 Å². The molecule has 132 valence electrons. The number of hydrogen-bond donors (Lipinski definition) is 1. The number of hydrogen-bond acceptors (Lipinski definition) is 3. The molecule has 0 bridgehead atoms. The molecule has 2 rings (SSSR count). The number of ether oxygens (including phenoxy) is 2. The first-order valence-corrected chi connectivity index (χ1v) is 7.89. The van der Waals surface area contributed by atoms with E-state index in [1.165, 1.54) is 0 Å². The summed E-state index contributed by atoms with van der Waals surface area (Å²) in [4.78, 5) is 11.1. The number of aliphatic imine (C=N–C) groups is 2. The molecular formula is C19H24N4O2. The molecule has 2 aromatic rings. The summed E-state index contributed by atoms with van der Waals surface area (Å²) in [6.07, 6.45) is 0. The maximum atomic E-state index is 5.35. The molecule has 0 aliphatic heterocycles. The highest BCUT2D eigenvalue weighted by Crippen LogP contribution is 2.29. The zero-order valence-corrected chi connectivity index (χ0v) is 15.3. The van der Waals surface area contributed by atoms with E-state index in [4.69, 9.17) is 9.47 Å². The third-order valence-corrected chi connectivity index (χ3v) is 3.55. The molecule has 25 heavy (non-hydrogen) atoms. The van der Waals surface area contributed by atoms with Gasteiger partial charge in [0, 0.05) is 25.8 Å². The highest BCUT2D eigenvalue weighted by molar-refractivity contribution is 6.03. The Morgan fingerprint density at radius 2 is 1.64 bits per heavy atom. The molecule has 0 radical (unpaired) electrons. The first kappa shape index (κ1) is 18.3. The molecule has 0 saturated heterocycles. The van der Waals surface area contributed by atoms with E-state index in [9.17, 15) is 0 Å². The van der Waals surface area contributed by atoms with Crippen LogP contribution >= 0.6 is 0 Å². The van der Waals surface area contributed by atoms with Crippen LogP contribution in [0.3, 0.4) is 0 Å². The van der Waals surface area contributed by atoms with Gasteiger partial charge in [-0.2, -0.15) is 0 Å². The fourth-order valence-corrected chi connectivity index (χ4v) is 2.00. The van der Waals surface area contributed by atoms with Crippen LogP contribution in [0.5, 0.6) is 11.5 Å². The van der Waals surface area contributed by atoms with Crippen LogP contribution in [0.15, 0.2) is 58.5 Å². The minimum Gasteiger partial charge on any atom is -0.493 e. The summed E-state index contributed by atoms with van der Waals surface area (Å²) in [5.41, 5.74) is 1.63. The average molecular weight is 340 g/mol. The van der Waals surface area contributed by atoms with E-state index in [-0.39, 0.29) is 0 Å². The van der Waals surface area contributed by atoms with E-state index in [2.05, 4.69) is 15.3 Å². The fraction of sp³-hybridized carbons (Fsp3) is 0.263. The Kier molecular flexibility index (Phi) is 6.39. The van der Waals surface area contributed by atoms with E-state index >= 15 is 0 Å². The van der Waals surface area contributed by atoms with E-state index in [0.29, 0.717) is 17.5 Å². The first-order chi connectivity index (χ1) is 12.0. The molecule has 0 fully saturated rings. The van der Waals surface area contributed by atoms with Gasteiger partial charge in [-0.3, -0.25) is 0 Å². The van der Waals surface area contributed by atoms with Gasteiger partial charge in [-0.15, -0.1) is 0 Å². The largest absolute Gasteiger partial charge is 0.493 e. The number of nitrogens with one attached hydrogen (secondary N) is 1. The van der Waals surface area contributed by atoms with Crippen molar-refractivity contribution in [2.45, 2.75) is 6.92 Å². The lowest BCUT2D eigenvalue weighted by Crippen LogP contribution is -2.22. The van der Waals surface area contributed by atoms with Crippen LogP contribution in [0, 0.1) is 0 Å². The van der Waals surface area contributed by atoms with Crippen molar-refractivity contribution in [3.8, 4) is 11.5 Å². The molecule has 0 aliphatic carbocycles. The molecule has 0 heterocycles. The molecule has 0 spiro atoms. The molecule has 6 heteroatoms. The SMILES string of the molecule is COc1ccc(NC(=N/c2ccccc2)/N=C(\C)N(C)C)cc1OC. The van der Waals surface area contributed by atoms with Crippen molar-refractivity contribution >= 4 is 23.2 Å². The zero-order chi connectivity index (χ0) is 18.2. The summed E-state index contributed by atoms with van der Waals surface area (Å²) in [5.74, 6) is 2.63. The average Bonchev–Trinajstić information content (AvgIpc) is 2.62. The quantitative estimate of drug-likeness (QED) is 0.680. The van der Waals surface area contributed by atoms with E-state index in [0.717, 1.165) is 17.2 Å². The van der Waals surface area contributed by atoms with Gasteiger partial charge in [0.1, 0.15) is 5.84 Å². The van der Waals surface area contributed by atoms with Gasteiger partial charge in [-0.05, 0) is 31.2 Å². The van der Waals surface area contributed by atoms with Crippen molar-refractivity contribution < 1.29 is 9.47 Å². The third kappa shape index (κ3) is 5.24. The van der Waals surface area contributed by atoms with Gasteiger partial charge < -0.3 is 19.7 Å². The molecule has 0 amide bonds. The van der Waals surface area contributed by atoms with Crippen molar-refractivity contribution in [1.29, 1.82) is 0 Å². The number of anilines is 1. The summed E-state index contributed by atoms with van der Waals surface area (Å²) >= 11 is 0. The lowest BCUT2D eigenvalue weighted by atomic mass is 10.2. The summed E-state index contributed by atoms with van der Waals surface area (Å²) < 4.78 is 10.6. The summed E-state index contributed by atoms with van der Waals surface area (Å²) in [7, 11) is 7.09. The number of amidine groups is 1. The molecule has 0 unspecified atom stereocenters. The van der Waals surface area contributed by atoms with Crippen LogP contribution in [0.2, 0.25) is 0 Å². The van der Waals surface area contributed by atoms with Crippen molar-refractivity contribution in [3.63, 3.8) is 0 Å². The molecule has 0 aromatic heterocycles. The van der Waals surface area contributed by atoms with Crippen molar-refractivity contribution in [1.82, 2.24) is 4.90 Å². The number of benzene rings is 2. The molecule has 2 aromatic carbocycles. The summed E-state index contributed by atoms with van der Waals surface area (Å²) in [6, 6.07) is 15.3. The van der Waals surface area contributed by atoms with Gasteiger partial charge in [-0.25, -0.2) is 9.98 Å². The highest BCUT2D eigenvalue weighted by atomic mass is 16.5. The number of methoxy groups -OCH3 is 2. The lowest BCUT2D eigenvalue weighted by Gasteiger charge is -2.14. The second-order valence-electron chi connectivity index (χ2n) is 5.52. The molecule has 6 nitrogen and oxygen atoms in total. The molecular weight excluding hydrogens is 316 g/mol. The lowest BCUT2D eigenvalue weighted by molar-refractivity contribution is 0.355. The maximum absolute atomic E-state index is 5.35. The van der Waals surface area contributed by atoms with Crippen LogP contribution in [0.4, 0.5) is 11.4 Å². The molecule has 1 N–H and O–H groups in total. The Hall–Kier alpha value is -3.02.